The van der Waals surface area contributed by atoms with Crippen LogP contribution in [0.2, 0.25) is 0 Å². The lowest BCUT2D eigenvalue weighted by Crippen LogP contribution is -2.63. The lowest BCUT2D eigenvalue weighted by molar-refractivity contribution is -0.138. The highest BCUT2D eigenvalue weighted by Gasteiger charge is 2.54. The second-order valence-corrected chi connectivity index (χ2v) is 15.4. The van der Waals surface area contributed by atoms with E-state index in [0.29, 0.717) is 11.8 Å². The number of benzene rings is 2. The Labute approximate surface area is 263 Å². The molecule has 2 atom stereocenters. The average molecular weight is 635 g/mol. The molecule has 10 nitrogen and oxygen atoms in total. The lowest BCUT2D eigenvalue weighted by Gasteiger charge is -2.54. The quantitative estimate of drug-likeness (QED) is 0.191. The average Bonchev–Trinajstić information content (AvgIpc) is 3.39. The van der Waals surface area contributed by atoms with Crippen molar-refractivity contribution in [2.24, 2.45) is 23.7 Å². The molecule has 4 bridgehead atoms. The van der Waals surface area contributed by atoms with Gasteiger partial charge < -0.3 is 20.7 Å². The van der Waals surface area contributed by atoms with E-state index in [-0.39, 0.29) is 37.6 Å². The molecule has 1 heterocycles. The Kier molecular flexibility index (Phi) is 8.76. The van der Waals surface area contributed by atoms with Crippen LogP contribution in [-0.4, -0.2) is 53.6 Å². The number of hydrogen-bond acceptors (Lipinski definition) is 5. The number of carbonyl (C=O) groups excluding carboxylic acids is 2. The molecular weight excluding hydrogens is 592 g/mol. The number of carboxylic acid groups (broad SMARTS) is 1. The second-order valence-electron chi connectivity index (χ2n) is 13.5. The van der Waals surface area contributed by atoms with E-state index in [4.69, 9.17) is 5.11 Å². The SMILES string of the molecule is CC(Cc1c[nH]c2ccccc12)(NS(=O)(=O)C1C2CC3CC(C2)CC1C3)C(=O)NCC(NC(=O)CCC(=O)O)c1ccccc1. The predicted molar refractivity (Wildman–Crippen MR) is 171 cm³/mol. The molecule has 2 aromatic carbocycles. The molecule has 11 heteroatoms. The van der Waals surface area contributed by atoms with Gasteiger partial charge in [-0.05, 0) is 79.9 Å². The van der Waals surface area contributed by atoms with Gasteiger partial charge in [0.2, 0.25) is 21.8 Å². The van der Waals surface area contributed by atoms with Crippen LogP contribution in [0.4, 0.5) is 0 Å². The summed E-state index contributed by atoms with van der Waals surface area (Å²) >= 11 is 0. The number of nitrogens with one attached hydrogen (secondary N) is 4. The summed E-state index contributed by atoms with van der Waals surface area (Å²) < 4.78 is 31.5. The van der Waals surface area contributed by atoms with Gasteiger partial charge in [0, 0.05) is 36.5 Å². The third-order valence-corrected chi connectivity index (χ3v) is 12.4. The van der Waals surface area contributed by atoms with Gasteiger partial charge in [0.05, 0.1) is 17.7 Å². The fraction of sp³-hybridized carbons (Fsp3) is 0.500. The van der Waals surface area contributed by atoms with E-state index in [0.717, 1.165) is 47.7 Å². The molecule has 3 aromatic rings. The Morgan fingerprint density at radius 3 is 2.24 bits per heavy atom. The lowest BCUT2D eigenvalue weighted by atomic mass is 9.56. The highest BCUT2D eigenvalue weighted by atomic mass is 32.2. The molecular formula is C34H42N4O6S. The number of hydrogen-bond donors (Lipinski definition) is 5. The van der Waals surface area contributed by atoms with Crippen LogP contribution in [0.5, 0.6) is 0 Å². The van der Waals surface area contributed by atoms with Crippen LogP contribution >= 0.6 is 0 Å². The smallest absolute Gasteiger partial charge is 0.303 e. The Morgan fingerprint density at radius 2 is 1.58 bits per heavy atom. The van der Waals surface area contributed by atoms with Gasteiger partial charge in [-0.1, -0.05) is 48.5 Å². The summed E-state index contributed by atoms with van der Waals surface area (Å²) in [6, 6.07) is 16.2. The van der Waals surface area contributed by atoms with E-state index in [2.05, 4.69) is 20.3 Å². The summed E-state index contributed by atoms with van der Waals surface area (Å²) in [7, 11) is -3.88. The molecule has 4 fully saturated rings. The maximum Gasteiger partial charge on any atom is 0.303 e. The molecule has 2 unspecified atom stereocenters. The minimum atomic E-state index is -3.88. The third kappa shape index (κ3) is 6.79. The third-order valence-electron chi connectivity index (χ3n) is 10.2. The first-order valence-electron chi connectivity index (χ1n) is 15.9. The topological polar surface area (TPSA) is 157 Å². The number of carboxylic acids is 1. The van der Waals surface area contributed by atoms with Crippen molar-refractivity contribution in [1.82, 2.24) is 20.3 Å². The van der Waals surface area contributed by atoms with Gasteiger partial charge in [-0.25, -0.2) is 8.42 Å². The fourth-order valence-electron chi connectivity index (χ4n) is 8.40. The van der Waals surface area contributed by atoms with E-state index in [9.17, 15) is 22.8 Å². The molecule has 5 N–H and O–H groups in total. The Morgan fingerprint density at radius 1 is 0.933 bits per heavy atom. The first-order valence-corrected chi connectivity index (χ1v) is 17.5. The first kappa shape index (κ1) is 31.3. The number of fused-ring (bicyclic) bond motifs is 1. The zero-order valence-corrected chi connectivity index (χ0v) is 26.3. The number of aromatic nitrogens is 1. The number of amides is 2. The Hall–Kier alpha value is -3.70. The number of para-hydroxylation sites is 1. The van der Waals surface area contributed by atoms with Crippen molar-refractivity contribution in [1.29, 1.82) is 0 Å². The molecule has 2 amide bonds. The van der Waals surface area contributed by atoms with Crippen LogP contribution < -0.4 is 15.4 Å². The first-order chi connectivity index (χ1) is 21.5. The Balaban J connectivity index is 1.25. The van der Waals surface area contributed by atoms with Crippen LogP contribution in [0.15, 0.2) is 60.8 Å². The largest absolute Gasteiger partial charge is 0.481 e. The van der Waals surface area contributed by atoms with E-state index in [1.807, 2.05) is 60.8 Å². The molecule has 0 saturated heterocycles. The zero-order chi connectivity index (χ0) is 31.8. The summed E-state index contributed by atoms with van der Waals surface area (Å²) in [4.78, 5) is 41.0. The number of H-pyrrole nitrogens is 1. The normalized spacial score (nSPS) is 25.8. The van der Waals surface area contributed by atoms with E-state index < -0.39 is 44.6 Å². The molecule has 0 aliphatic heterocycles. The van der Waals surface area contributed by atoms with Crippen molar-refractivity contribution in [3.63, 3.8) is 0 Å². The molecule has 45 heavy (non-hydrogen) atoms. The van der Waals surface area contributed by atoms with Crippen molar-refractivity contribution in [3.8, 4) is 0 Å². The maximum absolute atomic E-state index is 14.3. The molecule has 0 spiro atoms. The molecule has 1 aromatic heterocycles. The minimum Gasteiger partial charge on any atom is -0.481 e. The summed E-state index contributed by atoms with van der Waals surface area (Å²) in [5, 5.41) is 15.2. The van der Waals surface area contributed by atoms with Crippen molar-refractivity contribution < 1.29 is 27.9 Å². The van der Waals surface area contributed by atoms with Crippen LogP contribution in [-0.2, 0) is 30.8 Å². The van der Waals surface area contributed by atoms with E-state index >= 15 is 0 Å². The van der Waals surface area contributed by atoms with Crippen molar-refractivity contribution in [3.05, 3.63) is 71.9 Å². The summed E-state index contributed by atoms with van der Waals surface area (Å²) in [5.74, 6) is -0.578. The number of rotatable bonds is 13. The fourth-order valence-corrected chi connectivity index (χ4v) is 10.8. The molecule has 4 aliphatic carbocycles. The molecule has 4 aliphatic rings. The highest BCUT2D eigenvalue weighted by molar-refractivity contribution is 7.90. The summed E-state index contributed by atoms with van der Waals surface area (Å²) in [6.45, 7) is 1.63. The number of carbonyl (C=O) groups is 3. The number of aromatic amines is 1. The van der Waals surface area contributed by atoms with Gasteiger partial charge in [0.15, 0.2) is 0 Å². The van der Waals surface area contributed by atoms with Gasteiger partial charge in [-0.3, -0.25) is 14.4 Å². The van der Waals surface area contributed by atoms with Crippen LogP contribution in [0.3, 0.4) is 0 Å². The Bertz CT molecular complexity index is 1640. The summed E-state index contributed by atoms with van der Waals surface area (Å²) in [5.41, 5.74) is 0.923. The second kappa shape index (κ2) is 12.6. The zero-order valence-electron chi connectivity index (χ0n) is 25.5. The van der Waals surface area contributed by atoms with Crippen LogP contribution in [0.25, 0.3) is 10.9 Å². The van der Waals surface area contributed by atoms with Gasteiger partial charge in [-0.15, -0.1) is 0 Å². The standard InChI is InChI=1S/C34H42N4O6S/c1-34(18-26-19-35-28-10-6-5-9-27(26)28,38-45(43,44)32-24-14-21-13-22(16-24)17-25(32)15-21)33(42)36-20-29(23-7-3-2-4-8-23)37-30(39)11-12-31(40)41/h2-10,19,21-22,24-25,29,32,35,38H,11-18,20H2,1H3,(H,36,42)(H,37,39)(H,40,41). The van der Waals surface area contributed by atoms with Crippen LogP contribution in [0.1, 0.15) is 69.0 Å². The van der Waals surface area contributed by atoms with Gasteiger partial charge >= 0.3 is 5.97 Å². The monoisotopic (exact) mass is 634 g/mol. The predicted octanol–water partition coefficient (Wildman–Crippen LogP) is 4.05. The van der Waals surface area contributed by atoms with Gasteiger partial charge in [-0.2, -0.15) is 4.72 Å². The molecule has 4 saturated carbocycles. The number of aliphatic carboxylic acids is 1. The maximum atomic E-state index is 14.3. The van der Waals surface area contributed by atoms with Gasteiger partial charge in [0.1, 0.15) is 5.54 Å². The van der Waals surface area contributed by atoms with Gasteiger partial charge in [0.25, 0.3) is 0 Å². The minimum absolute atomic E-state index is 0.00903. The number of sulfonamides is 1. The van der Waals surface area contributed by atoms with Crippen molar-refractivity contribution in [2.75, 3.05) is 6.54 Å². The van der Waals surface area contributed by atoms with Crippen molar-refractivity contribution >= 4 is 38.7 Å². The highest BCUT2D eigenvalue weighted by Crippen LogP contribution is 2.55. The molecule has 7 rings (SSSR count). The molecule has 0 radical (unpaired) electrons. The van der Waals surface area contributed by atoms with Crippen molar-refractivity contribution in [2.45, 2.75) is 75.1 Å². The van der Waals surface area contributed by atoms with E-state index in [1.54, 1.807) is 6.92 Å². The summed E-state index contributed by atoms with van der Waals surface area (Å²) in [6.07, 6.45) is 6.39. The van der Waals surface area contributed by atoms with E-state index in [1.165, 1.54) is 6.42 Å². The molecule has 240 valence electrons. The van der Waals surface area contributed by atoms with Crippen LogP contribution in [0, 0.1) is 23.7 Å².